The largest absolute Gasteiger partial charge is 0.489 e. The van der Waals surface area contributed by atoms with Gasteiger partial charge >= 0.3 is 11.9 Å². The van der Waals surface area contributed by atoms with Gasteiger partial charge in [-0.3, -0.25) is 0 Å². The summed E-state index contributed by atoms with van der Waals surface area (Å²) in [5, 5.41) is 0. The predicted octanol–water partition coefficient (Wildman–Crippen LogP) is 8.85. The summed E-state index contributed by atoms with van der Waals surface area (Å²) in [6.07, 6.45) is 2.57. The summed E-state index contributed by atoms with van der Waals surface area (Å²) in [5.41, 5.74) is 4.01. The number of carbonyl (C=O) groups excluding carboxylic acids is 2. The molecule has 5 aromatic carbocycles. The second-order valence-corrected chi connectivity index (χ2v) is 10.3. The van der Waals surface area contributed by atoms with Crippen LogP contribution in [0.1, 0.15) is 0 Å². The van der Waals surface area contributed by atoms with Crippen molar-refractivity contribution >= 4 is 11.9 Å². The minimum Gasteiger partial charge on any atom is -0.489 e. The van der Waals surface area contributed by atoms with Crippen LogP contribution in [0, 0.1) is 0 Å². The monoisotopic (exact) mass is 670 g/mol. The van der Waals surface area contributed by atoms with E-state index in [0.29, 0.717) is 17.2 Å². The molecular formula is C42H38O8. The number of para-hydroxylation sites is 2. The Bertz CT molecular complexity index is 1840. The van der Waals surface area contributed by atoms with Crippen molar-refractivity contribution in [1.82, 2.24) is 0 Å². The van der Waals surface area contributed by atoms with Gasteiger partial charge in [0.15, 0.2) is 6.10 Å². The average molecular weight is 671 g/mol. The van der Waals surface area contributed by atoms with Gasteiger partial charge in [0.05, 0.1) is 6.26 Å². The van der Waals surface area contributed by atoms with Gasteiger partial charge in [-0.1, -0.05) is 123 Å². The second-order valence-electron chi connectivity index (χ2n) is 10.3. The van der Waals surface area contributed by atoms with Crippen LogP contribution in [0.2, 0.25) is 0 Å². The molecule has 254 valence electrons. The third-order valence-electron chi connectivity index (χ3n) is 6.87. The molecule has 8 nitrogen and oxygen atoms in total. The van der Waals surface area contributed by atoms with Crippen molar-refractivity contribution in [1.29, 1.82) is 0 Å². The number of ether oxygens (including phenoxy) is 6. The zero-order valence-electron chi connectivity index (χ0n) is 27.5. The first kappa shape index (κ1) is 36.3. The molecule has 1 atom stereocenters. The van der Waals surface area contributed by atoms with E-state index in [0.717, 1.165) is 46.4 Å². The normalized spacial score (nSPS) is 10.6. The van der Waals surface area contributed by atoms with Crippen LogP contribution >= 0.6 is 0 Å². The number of rotatable bonds is 16. The fourth-order valence-corrected chi connectivity index (χ4v) is 4.54. The first-order chi connectivity index (χ1) is 24.5. The van der Waals surface area contributed by atoms with Crippen molar-refractivity contribution in [3.63, 3.8) is 0 Å². The summed E-state index contributed by atoms with van der Waals surface area (Å²) in [5.74, 6) is 1.49. The highest BCUT2D eigenvalue weighted by Gasteiger charge is 2.17. The van der Waals surface area contributed by atoms with Gasteiger partial charge in [0.2, 0.25) is 6.79 Å². The highest BCUT2D eigenvalue weighted by molar-refractivity contribution is 5.81. The minimum absolute atomic E-state index is 0.0154. The van der Waals surface area contributed by atoms with E-state index < -0.39 is 18.0 Å². The lowest BCUT2D eigenvalue weighted by atomic mass is 10.1. The quantitative estimate of drug-likeness (QED) is 0.0445. The molecule has 8 heteroatoms. The van der Waals surface area contributed by atoms with E-state index in [1.165, 1.54) is 0 Å². The van der Waals surface area contributed by atoms with E-state index >= 15 is 0 Å². The molecule has 0 saturated carbocycles. The molecule has 0 aliphatic heterocycles. The minimum atomic E-state index is -0.684. The first-order valence-corrected chi connectivity index (χ1v) is 15.7. The summed E-state index contributed by atoms with van der Waals surface area (Å²) in [6, 6.07) is 42.7. The highest BCUT2D eigenvalue weighted by Crippen LogP contribution is 2.31. The van der Waals surface area contributed by atoms with Crippen molar-refractivity contribution in [3.8, 4) is 45.3 Å². The van der Waals surface area contributed by atoms with Crippen LogP contribution in [0.15, 0.2) is 172 Å². The lowest BCUT2D eigenvalue weighted by Crippen LogP contribution is -2.30. The highest BCUT2D eigenvalue weighted by atomic mass is 16.7. The Labute approximate surface area is 292 Å². The van der Waals surface area contributed by atoms with E-state index in [1.54, 1.807) is 12.1 Å². The molecular weight excluding hydrogens is 632 g/mol. The van der Waals surface area contributed by atoms with Crippen molar-refractivity contribution in [3.05, 3.63) is 172 Å². The number of benzene rings is 5. The smallest absolute Gasteiger partial charge is 0.334 e. The maximum Gasteiger partial charge on any atom is 0.334 e. The molecule has 0 aliphatic carbocycles. The third kappa shape index (κ3) is 11.6. The second kappa shape index (κ2) is 20.0. The fourth-order valence-electron chi connectivity index (χ4n) is 4.54. The van der Waals surface area contributed by atoms with E-state index in [-0.39, 0.29) is 20.0 Å². The number of esters is 2. The molecule has 0 bridgehead atoms. The molecule has 0 radical (unpaired) electrons. The lowest BCUT2D eigenvalue weighted by molar-refractivity contribution is -0.146. The molecule has 0 N–H and O–H groups in total. The van der Waals surface area contributed by atoms with Crippen LogP contribution in [0.3, 0.4) is 0 Å². The van der Waals surface area contributed by atoms with Crippen LogP contribution in [0.5, 0.6) is 23.0 Å². The van der Waals surface area contributed by atoms with Crippen molar-refractivity contribution in [2.45, 2.75) is 6.10 Å². The van der Waals surface area contributed by atoms with Gasteiger partial charge in [-0.25, -0.2) is 9.59 Å². The number of hydrogen-bond donors (Lipinski definition) is 0. The fraction of sp³-hybridized carbons (Fsp3) is 0.0952. The molecule has 0 aromatic heterocycles. The molecule has 5 aromatic rings. The van der Waals surface area contributed by atoms with Crippen molar-refractivity contribution in [2.24, 2.45) is 0 Å². The maximum absolute atomic E-state index is 12.1. The maximum atomic E-state index is 12.1. The van der Waals surface area contributed by atoms with Crippen molar-refractivity contribution in [2.75, 3.05) is 20.0 Å². The van der Waals surface area contributed by atoms with Crippen molar-refractivity contribution < 1.29 is 38.0 Å². The summed E-state index contributed by atoms with van der Waals surface area (Å²) < 4.78 is 33.6. The zero-order chi connectivity index (χ0) is 35.4. The number of carbonyl (C=O) groups is 2. The third-order valence-corrected chi connectivity index (χ3v) is 6.87. The molecule has 50 heavy (non-hydrogen) atoms. The number of hydrogen-bond acceptors (Lipinski definition) is 8. The standard InChI is InChI=1S/C37H32O6.C5H6O2/c1-2-37(38)43-32(26-40-35-22-11-9-20-33(35)28-14-5-3-6-15-28)25-39-30-18-13-19-31(24-30)41-27-42-36-23-12-10-21-34(36)29-16-7-4-8-17-29;1-3-5(6)7-4-2/h2-24,32H,1,25-27H2;3-4H,1-2H2. The predicted molar refractivity (Wildman–Crippen MR) is 194 cm³/mol. The average Bonchev–Trinajstić information content (AvgIpc) is 3.17. The zero-order valence-corrected chi connectivity index (χ0v) is 27.5. The lowest BCUT2D eigenvalue weighted by Gasteiger charge is -2.20. The summed E-state index contributed by atoms with van der Waals surface area (Å²) >= 11 is 0. The molecule has 0 fully saturated rings. The Balaban J connectivity index is 0.000000727. The first-order valence-electron chi connectivity index (χ1n) is 15.7. The van der Waals surface area contributed by atoms with E-state index in [9.17, 15) is 9.59 Å². The summed E-state index contributed by atoms with van der Waals surface area (Å²) in [4.78, 5) is 22.1. The van der Waals surface area contributed by atoms with Crippen LogP contribution in [-0.2, 0) is 19.1 Å². The Morgan fingerprint density at radius 2 is 1.04 bits per heavy atom. The van der Waals surface area contributed by atoms with Crippen LogP contribution in [-0.4, -0.2) is 38.0 Å². The Kier molecular flexibility index (Phi) is 14.5. The van der Waals surface area contributed by atoms with E-state index in [4.69, 9.17) is 23.7 Å². The Hall–Kier alpha value is -6.54. The van der Waals surface area contributed by atoms with Crippen LogP contribution in [0.25, 0.3) is 22.3 Å². The van der Waals surface area contributed by atoms with Gasteiger partial charge < -0.3 is 28.4 Å². The van der Waals surface area contributed by atoms with E-state index in [1.807, 2.05) is 121 Å². The summed E-state index contributed by atoms with van der Waals surface area (Å²) in [7, 11) is 0. The molecule has 5 rings (SSSR count). The van der Waals surface area contributed by atoms with Gasteiger partial charge in [-0.05, 0) is 35.4 Å². The molecule has 0 spiro atoms. The van der Waals surface area contributed by atoms with Gasteiger partial charge in [0.1, 0.15) is 36.2 Å². The topological polar surface area (TPSA) is 89.5 Å². The SMILES string of the molecule is C=CC(=O)OC(COc1cccc(OCOc2ccccc2-c2ccccc2)c1)COc1ccccc1-c1ccccc1.C=COC(=O)C=C. The van der Waals surface area contributed by atoms with E-state index in [2.05, 4.69) is 24.5 Å². The molecule has 1 unspecified atom stereocenters. The molecule has 0 heterocycles. The summed E-state index contributed by atoms with van der Waals surface area (Å²) in [6.45, 7) is 9.99. The van der Waals surface area contributed by atoms with Gasteiger partial charge in [-0.2, -0.15) is 0 Å². The molecule has 0 saturated heterocycles. The van der Waals surface area contributed by atoms with Crippen LogP contribution in [0.4, 0.5) is 0 Å². The van der Waals surface area contributed by atoms with Gasteiger partial charge in [0, 0.05) is 29.3 Å². The Morgan fingerprint density at radius 1 is 0.540 bits per heavy atom. The van der Waals surface area contributed by atoms with Gasteiger partial charge in [0.25, 0.3) is 0 Å². The molecule has 0 amide bonds. The Morgan fingerprint density at radius 3 is 1.58 bits per heavy atom. The van der Waals surface area contributed by atoms with Gasteiger partial charge in [-0.15, -0.1) is 0 Å². The van der Waals surface area contributed by atoms with Crippen LogP contribution < -0.4 is 18.9 Å². The molecule has 0 aliphatic rings.